The Morgan fingerprint density at radius 2 is 1.55 bits per heavy atom. The van der Waals surface area contributed by atoms with E-state index in [2.05, 4.69) is 49.7 Å². The number of rotatable bonds is 9. The SMILES string of the molecule is O=c1[nH]c2cc3c(cc2cc1CN(Cc1ccccc1)Cc1nnnn1CCc1ccccc1)OCCO3. The van der Waals surface area contributed by atoms with E-state index in [1.807, 2.05) is 59.3 Å². The summed E-state index contributed by atoms with van der Waals surface area (Å²) in [5, 5.41) is 13.4. The summed E-state index contributed by atoms with van der Waals surface area (Å²) in [5.41, 5.74) is 3.63. The molecule has 0 fully saturated rings. The smallest absolute Gasteiger partial charge is 0.252 e. The van der Waals surface area contributed by atoms with Crippen molar-refractivity contribution >= 4 is 10.9 Å². The predicted molar refractivity (Wildman–Crippen MR) is 143 cm³/mol. The summed E-state index contributed by atoms with van der Waals surface area (Å²) < 4.78 is 13.3. The van der Waals surface area contributed by atoms with Gasteiger partial charge in [0.05, 0.1) is 12.1 Å². The van der Waals surface area contributed by atoms with Gasteiger partial charge >= 0.3 is 0 Å². The lowest BCUT2D eigenvalue weighted by Gasteiger charge is -2.22. The number of tetrazole rings is 1. The number of nitrogens with one attached hydrogen (secondary N) is 1. The van der Waals surface area contributed by atoms with Crippen molar-refractivity contribution in [1.82, 2.24) is 30.1 Å². The number of benzene rings is 3. The fourth-order valence-corrected chi connectivity index (χ4v) is 4.75. The van der Waals surface area contributed by atoms with Crippen LogP contribution in [0.2, 0.25) is 0 Å². The van der Waals surface area contributed by atoms with Crippen molar-refractivity contribution in [2.24, 2.45) is 0 Å². The first-order valence-electron chi connectivity index (χ1n) is 12.7. The highest BCUT2D eigenvalue weighted by molar-refractivity contribution is 5.83. The Hall–Kier alpha value is -4.50. The lowest BCUT2D eigenvalue weighted by Crippen LogP contribution is -2.28. The van der Waals surface area contributed by atoms with Crippen LogP contribution in [-0.2, 0) is 32.6 Å². The maximum absolute atomic E-state index is 13.1. The van der Waals surface area contributed by atoms with Crippen LogP contribution < -0.4 is 15.0 Å². The summed E-state index contributed by atoms with van der Waals surface area (Å²) in [6.07, 6.45) is 0.831. The van der Waals surface area contributed by atoms with Gasteiger partial charge in [0.2, 0.25) is 0 Å². The average molecular weight is 509 g/mol. The van der Waals surface area contributed by atoms with Gasteiger partial charge in [-0.1, -0.05) is 60.7 Å². The van der Waals surface area contributed by atoms with Gasteiger partial charge in [-0.15, -0.1) is 5.10 Å². The number of H-pyrrole nitrogens is 1. The lowest BCUT2D eigenvalue weighted by molar-refractivity contribution is 0.172. The molecule has 0 amide bonds. The second-order valence-corrected chi connectivity index (χ2v) is 9.39. The largest absolute Gasteiger partial charge is 0.486 e. The number of aromatic nitrogens is 5. The van der Waals surface area contributed by atoms with E-state index in [0.29, 0.717) is 56.5 Å². The van der Waals surface area contributed by atoms with Crippen LogP contribution in [0.3, 0.4) is 0 Å². The second-order valence-electron chi connectivity index (χ2n) is 9.39. The molecule has 1 aliphatic heterocycles. The van der Waals surface area contributed by atoms with Crippen LogP contribution in [0.15, 0.2) is 83.7 Å². The fourth-order valence-electron chi connectivity index (χ4n) is 4.75. The second kappa shape index (κ2) is 10.9. The molecule has 0 atom stereocenters. The van der Waals surface area contributed by atoms with E-state index < -0.39 is 0 Å². The first-order chi connectivity index (χ1) is 18.7. The molecule has 0 spiro atoms. The molecule has 2 aromatic heterocycles. The minimum absolute atomic E-state index is 0.129. The summed E-state index contributed by atoms with van der Waals surface area (Å²) >= 11 is 0. The first-order valence-corrected chi connectivity index (χ1v) is 12.7. The first kappa shape index (κ1) is 23.9. The molecule has 0 unspecified atom stereocenters. The highest BCUT2D eigenvalue weighted by Crippen LogP contribution is 2.33. The molecule has 38 heavy (non-hydrogen) atoms. The number of pyridine rings is 1. The van der Waals surface area contributed by atoms with Crippen molar-refractivity contribution in [2.45, 2.75) is 32.6 Å². The molecule has 5 aromatic rings. The number of nitrogens with zero attached hydrogens (tertiary/aromatic N) is 5. The third-order valence-corrected chi connectivity index (χ3v) is 6.65. The van der Waals surface area contributed by atoms with Crippen LogP contribution >= 0.6 is 0 Å². The number of hydrogen-bond donors (Lipinski definition) is 1. The molecule has 0 bridgehead atoms. The molecule has 1 N–H and O–H groups in total. The molecule has 9 heteroatoms. The lowest BCUT2D eigenvalue weighted by atomic mass is 10.1. The molecule has 3 aromatic carbocycles. The summed E-state index contributed by atoms with van der Waals surface area (Å²) in [6.45, 7) is 3.26. The van der Waals surface area contributed by atoms with Gasteiger partial charge in [0, 0.05) is 36.7 Å². The Morgan fingerprint density at radius 1 is 0.842 bits per heavy atom. The van der Waals surface area contributed by atoms with E-state index in [1.54, 1.807) is 0 Å². The molecule has 192 valence electrons. The Balaban J connectivity index is 1.26. The Labute approximate surface area is 219 Å². The molecule has 0 saturated carbocycles. The molecular weight excluding hydrogens is 480 g/mol. The topological polar surface area (TPSA) is 98.2 Å². The number of ether oxygens (including phenoxy) is 2. The van der Waals surface area contributed by atoms with Crippen molar-refractivity contribution in [1.29, 1.82) is 0 Å². The van der Waals surface area contributed by atoms with E-state index >= 15 is 0 Å². The average Bonchev–Trinajstić information content (AvgIpc) is 3.39. The van der Waals surface area contributed by atoms with Crippen LogP contribution in [0.4, 0.5) is 0 Å². The maximum atomic E-state index is 13.1. The molecule has 9 nitrogen and oxygen atoms in total. The monoisotopic (exact) mass is 508 g/mol. The van der Waals surface area contributed by atoms with Gasteiger partial charge in [-0.3, -0.25) is 9.69 Å². The summed E-state index contributed by atoms with van der Waals surface area (Å²) in [5.74, 6) is 2.11. The number of aryl methyl sites for hydroxylation is 2. The van der Waals surface area contributed by atoms with Gasteiger partial charge in [0.25, 0.3) is 5.56 Å². The van der Waals surface area contributed by atoms with Gasteiger partial charge in [-0.25, -0.2) is 4.68 Å². The molecule has 3 heterocycles. The molecule has 0 saturated heterocycles. The van der Waals surface area contributed by atoms with E-state index in [-0.39, 0.29) is 5.56 Å². The van der Waals surface area contributed by atoms with Crippen LogP contribution in [0.25, 0.3) is 10.9 Å². The third-order valence-electron chi connectivity index (χ3n) is 6.65. The quantitative estimate of drug-likeness (QED) is 0.324. The number of hydrogen-bond acceptors (Lipinski definition) is 7. The van der Waals surface area contributed by atoms with Crippen molar-refractivity contribution in [3.8, 4) is 11.5 Å². The minimum Gasteiger partial charge on any atom is -0.486 e. The molecule has 0 radical (unpaired) electrons. The molecular formula is C29H28N6O3. The van der Waals surface area contributed by atoms with Crippen molar-refractivity contribution in [2.75, 3.05) is 13.2 Å². The van der Waals surface area contributed by atoms with Gasteiger partial charge in [0.1, 0.15) is 13.2 Å². The zero-order chi connectivity index (χ0) is 25.7. The van der Waals surface area contributed by atoms with E-state index in [9.17, 15) is 4.79 Å². The predicted octanol–water partition coefficient (Wildman–Crippen LogP) is 3.73. The third kappa shape index (κ3) is 5.42. The number of fused-ring (bicyclic) bond motifs is 2. The summed E-state index contributed by atoms with van der Waals surface area (Å²) in [6, 6.07) is 26.2. The normalized spacial score (nSPS) is 12.8. The number of aromatic amines is 1. The van der Waals surface area contributed by atoms with Crippen molar-refractivity contribution in [3.05, 3.63) is 112 Å². The van der Waals surface area contributed by atoms with Gasteiger partial charge in [-0.05, 0) is 40.1 Å². The van der Waals surface area contributed by atoms with Gasteiger partial charge in [0.15, 0.2) is 17.3 Å². The van der Waals surface area contributed by atoms with Gasteiger partial charge in [-0.2, -0.15) is 0 Å². The standard InChI is InChI=1S/C29H28N6O3/c36-29-24(15-23-16-26-27(17-25(23)30-29)38-14-13-37-26)19-34(18-22-9-5-2-6-10-22)20-28-31-32-33-35(28)12-11-21-7-3-1-4-8-21/h1-10,15-17H,11-14,18-20H2,(H,30,36). The zero-order valence-electron chi connectivity index (χ0n) is 20.9. The Kier molecular flexibility index (Phi) is 6.82. The fraction of sp³-hybridized carbons (Fsp3) is 0.241. The summed E-state index contributed by atoms with van der Waals surface area (Å²) in [7, 11) is 0. The highest BCUT2D eigenvalue weighted by Gasteiger charge is 2.18. The maximum Gasteiger partial charge on any atom is 0.252 e. The molecule has 6 rings (SSSR count). The van der Waals surface area contributed by atoms with Crippen LogP contribution in [0.1, 0.15) is 22.5 Å². The van der Waals surface area contributed by atoms with E-state index in [1.165, 1.54) is 5.56 Å². The van der Waals surface area contributed by atoms with Gasteiger partial charge < -0.3 is 14.5 Å². The Morgan fingerprint density at radius 3 is 2.32 bits per heavy atom. The highest BCUT2D eigenvalue weighted by atomic mass is 16.6. The molecule has 0 aliphatic carbocycles. The van der Waals surface area contributed by atoms with E-state index in [4.69, 9.17) is 9.47 Å². The Bertz CT molecular complexity index is 1580. The van der Waals surface area contributed by atoms with Crippen molar-refractivity contribution in [3.63, 3.8) is 0 Å². The van der Waals surface area contributed by atoms with Crippen LogP contribution in [0.5, 0.6) is 11.5 Å². The molecule has 1 aliphatic rings. The zero-order valence-corrected chi connectivity index (χ0v) is 20.9. The minimum atomic E-state index is -0.129. The summed E-state index contributed by atoms with van der Waals surface area (Å²) in [4.78, 5) is 18.3. The van der Waals surface area contributed by atoms with Crippen LogP contribution in [0, 0.1) is 0 Å². The van der Waals surface area contributed by atoms with Crippen LogP contribution in [-0.4, -0.2) is 43.3 Å². The van der Waals surface area contributed by atoms with E-state index in [0.717, 1.165) is 28.7 Å². The van der Waals surface area contributed by atoms with Crippen molar-refractivity contribution < 1.29 is 9.47 Å².